The standard InChI is InChI=1S/C16H22FN3O6S/c1-16(2,3)19-15(23)18-13(21)9-26-14(22)11-8-10(6-7-12(11)17)27(24,25)20(4)5/h6-8H,9H2,1-5H3,(H2,18,19,21,23). The van der Waals surface area contributed by atoms with E-state index in [4.69, 9.17) is 0 Å². The molecule has 0 aromatic heterocycles. The van der Waals surface area contributed by atoms with Gasteiger partial charge in [0.25, 0.3) is 5.91 Å². The van der Waals surface area contributed by atoms with E-state index in [1.807, 2.05) is 5.32 Å². The number of hydrogen-bond acceptors (Lipinski definition) is 6. The molecule has 1 rings (SSSR count). The lowest BCUT2D eigenvalue weighted by Gasteiger charge is -2.20. The van der Waals surface area contributed by atoms with E-state index in [1.54, 1.807) is 20.8 Å². The van der Waals surface area contributed by atoms with Gasteiger partial charge in [-0.15, -0.1) is 0 Å². The molecule has 0 saturated heterocycles. The molecule has 0 aliphatic rings. The zero-order valence-corrected chi connectivity index (χ0v) is 16.4. The molecule has 0 fully saturated rings. The maximum Gasteiger partial charge on any atom is 0.341 e. The van der Waals surface area contributed by atoms with Gasteiger partial charge in [0.05, 0.1) is 10.5 Å². The fourth-order valence-corrected chi connectivity index (χ4v) is 2.70. The Morgan fingerprint density at radius 3 is 2.30 bits per heavy atom. The van der Waals surface area contributed by atoms with Crippen LogP contribution in [0.3, 0.4) is 0 Å². The van der Waals surface area contributed by atoms with Gasteiger partial charge in [0.2, 0.25) is 10.0 Å². The second kappa shape index (κ2) is 8.44. The van der Waals surface area contributed by atoms with E-state index in [2.05, 4.69) is 10.1 Å². The highest BCUT2D eigenvalue weighted by Crippen LogP contribution is 2.18. The minimum atomic E-state index is -3.89. The number of imide groups is 1. The van der Waals surface area contributed by atoms with E-state index in [-0.39, 0.29) is 4.90 Å². The van der Waals surface area contributed by atoms with E-state index in [0.717, 1.165) is 22.5 Å². The van der Waals surface area contributed by atoms with Crippen LogP contribution in [0.15, 0.2) is 23.1 Å². The van der Waals surface area contributed by atoms with Gasteiger partial charge in [-0.05, 0) is 39.0 Å². The van der Waals surface area contributed by atoms with Crippen LogP contribution in [0.2, 0.25) is 0 Å². The van der Waals surface area contributed by atoms with Crippen molar-refractivity contribution in [1.29, 1.82) is 0 Å². The zero-order valence-electron chi connectivity index (χ0n) is 15.6. The van der Waals surface area contributed by atoms with E-state index in [1.165, 1.54) is 14.1 Å². The Morgan fingerprint density at radius 2 is 1.78 bits per heavy atom. The molecule has 0 aliphatic carbocycles. The fraction of sp³-hybridized carbons (Fsp3) is 0.438. The van der Waals surface area contributed by atoms with Crippen molar-refractivity contribution in [1.82, 2.24) is 14.9 Å². The van der Waals surface area contributed by atoms with Gasteiger partial charge in [-0.1, -0.05) is 0 Å². The summed E-state index contributed by atoms with van der Waals surface area (Å²) in [7, 11) is -1.32. The molecule has 0 saturated carbocycles. The Kier molecular flexibility index (Phi) is 7.04. The average Bonchev–Trinajstić information content (AvgIpc) is 2.50. The minimum absolute atomic E-state index is 0.310. The topological polar surface area (TPSA) is 122 Å². The third-order valence-corrected chi connectivity index (χ3v) is 4.82. The van der Waals surface area contributed by atoms with Gasteiger partial charge in [0, 0.05) is 19.6 Å². The lowest BCUT2D eigenvalue weighted by Crippen LogP contribution is -2.49. The van der Waals surface area contributed by atoms with Crippen LogP contribution in [-0.2, 0) is 19.6 Å². The first-order valence-electron chi connectivity index (χ1n) is 7.75. The van der Waals surface area contributed by atoms with Crippen LogP contribution >= 0.6 is 0 Å². The van der Waals surface area contributed by atoms with Gasteiger partial charge < -0.3 is 10.1 Å². The molecule has 0 unspecified atom stereocenters. The molecule has 0 spiro atoms. The number of rotatable bonds is 5. The van der Waals surface area contributed by atoms with E-state index < -0.39 is 51.5 Å². The van der Waals surface area contributed by atoms with Crippen LogP contribution in [0.5, 0.6) is 0 Å². The monoisotopic (exact) mass is 403 g/mol. The SMILES string of the molecule is CN(C)S(=O)(=O)c1ccc(F)c(C(=O)OCC(=O)NC(=O)NC(C)(C)C)c1. The quantitative estimate of drug-likeness (QED) is 0.703. The van der Waals surface area contributed by atoms with Gasteiger partial charge >= 0.3 is 12.0 Å². The largest absolute Gasteiger partial charge is 0.452 e. The number of nitrogens with one attached hydrogen (secondary N) is 2. The molecule has 0 bridgehead atoms. The van der Waals surface area contributed by atoms with Crippen molar-refractivity contribution < 1.29 is 31.9 Å². The van der Waals surface area contributed by atoms with Crippen LogP contribution in [0.4, 0.5) is 9.18 Å². The third-order valence-electron chi connectivity index (χ3n) is 3.01. The van der Waals surface area contributed by atoms with Gasteiger partial charge in [-0.2, -0.15) is 0 Å². The second-order valence-electron chi connectivity index (χ2n) is 6.76. The molecule has 1 aromatic carbocycles. The maximum atomic E-state index is 13.9. The summed E-state index contributed by atoms with van der Waals surface area (Å²) < 4.78 is 43.5. The number of benzene rings is 1. The summed E-state index contributed by atoms with van der Waals surface area (Å²) >= 11 is 0. The average molecular weight is 403 g/mol. The summed E-state index contributed by atoms with van der Waals surface area (Å²) in [6.45, 7) is 4.26. The van der Waals surface area contributed by atoms with E-state index in [0.29, 0.717) is 0 Å². The molecule has 3 amide bonds. The molecule has 2 N–H and O–H groups in total. The lowest BCUT2D eigenvalue weighted by molar-refractivity contribution is -0.123. The first-order chi connectivity index (χ1) is 12.2. The summed E-state index contributed by atoms with van der Waals surface area (Å²) in [5.74, 6) is -3.18. The Hall–Kier alpha value is -2.53. The van der Waals surface area contributed by atoms with Crippen LogP contribution in [-0.4, -0.2) is 56.9 Å². The number of carbonyl (C=O) groups is 3. The van der Waals surface area contributed by atoms with Gasteiger partial charge in [0.15, 0.2) is 6.61 Å². The number of ether oxygens (including phenoxy) is 1. The minimum Gasteiger partial charge on any atom is -0.452 e. The van der Waals surface area contributed by atoms with Gasteiger partial charge in [-0.25, -0.2) is 26.7 Å². The molecule has 0 aliphatic heterocycles. The highest BCUT2D eigenvalue weighted by molar-refractivity contribution is 7.89. The number of sulfonamides is 1. The van der Waals surface area contributed by atoms with Crippen molar-refractivity contribution in [2.75, 3.05) is 20.7 Å². The van der Waals surface area contributed by atoms with Crippen molar-refractivity contribution >= 4 is 27.9 Å². The summed E-state index contributed by atoms with van der Waals surface area (Å²) in [4.78, 5) is 34.8. The summed E-state index contributed by atoms with van der Waals surface area (Å²) in [5.41, 5.74) is -1.23. The molecule has 0 atom stereocenters. The van der Waals surface area contributed by atoms with E-state index in [9.17, 15) is 27.2 Å². The summed E-state index contributed by atoms with van der Waals surface area (Å²) in [5, 5.41) is 4.42. The second-order valence-corrected chi connectivity index (χ2v) is 8.91. The van der Waals surface area contributed by atoms with Crippen LogP contribution in [0, 0.1) is 5.82 Å². The number of carbonyl (C=O) groups excluding carboxylic acids is 3. The Morgan fingerprint density at radius 1 is 1.19 bits per heavy atom. The molecule has 0 radical (unpaired) electrons. The highest BCUT2D eigenvalue weighted by Gasteiger charge is 2.23. The summed E-state index contributed by atoms with van der Waals surface area (Å²) in [6, 6.07) is 1.85. The maximum absolute atomic E-state index is 13.9. The van der Waals surface area contributed by atoms with Crippen molar-refractivity contribution in [3.05, 3.63) is 29.6 Å². The van der Waals surface area contributed by atoms with Crippen molar-refractivity contribution in [2.45, 2.75) is 31.2 Å². The molecular formula is C16H22FN3O6S. The van der Waals surface area contributed by atoms with Gasteiger partial charge in [-0.3, -0.25) is 10.1 Å². The zero-order chi connectivity index (χ0) is 21.0. The van der Waals surface area contributed by atoms with Crippen LogP contribution in [0.25, 0.3) is 0 Å². The van der Waals surface area contributed by atoms with Crippen molar-refractivity contribution in [3.63, 3.8) is 0 Å². The molecule has 1 aromatic rings. The molecule has 9 nitrogen and oxygen atoms in total. The number of esters is 1. The first-order valence-corrected chi connectivity index (χ1v) is 9.19. The van der Waals surface area contributed by atoms with Crippen LogP contribution in [0.1, 0.15) is 31.1 Å². The Bertz CT molecular complexity index is 846. The van der Waals surface area contributed by atoms with Crippen molar-refractivity contribution in [3.8, 4) is 0 Å². The molecule has 0 heterocycles. The molecule has 11 heteroatoms. The number of urea groups is 1. The number of amides is 3. The Balaban J connectivity index is 2.81. The molecule has 27 heavy (non-hydrogen) atoms. The van der Waals surface area contributed by atoms with E-state index >= 15 is 0 Å². The highest BCUT2D eigenvalue weighted by atomic mass is 32.2. The number of nitrogens with zero attached hydrogens (tertiary/aromatic N) is 1. The predicted octanol–water partition coefficient (Wildman–Crippen LogP) is 0.857. The smallest absolute Gasteiger partial charge is 0.341 e. The first kappa shape index (κ1) is 22.5. The lowest BCUT2D eigenvalue weighted by atomic mass is 10.1. The molecular weight excluding hydrogens is 381 g/mol. The summed E-state index contributed by atoms with van der Waals surface area (Å²) in [6.07, 6.45) is 0. The Labute approximate surface area is 156 Å². The number of hydrogen-bond donors (Lipinski definition) is 2. The number of halogens is 1. The van der Waals surface area contributed by atoms with Crippen LogP contribution < -0.4 is 10.6 Å². The fourth-order valence-electron chi connectivity index (χ4n) is 1.78. The molecule has 150 valence electrons. The third kappa shape index (κ3) is 6.61. The normalized spacial score (nSPS) is 11.8. The van der Waals surface area contributed by atoms with Crippen molar-refractivity contribution in [2.24, 2.45) is 0 Å². The predicted molar refractivity (Wildman–Crippen MR) is 94.0 cm³/mol. The van der Waals surface area contributed by atoms with Gasteiger partial charge in [0.1, 0.15) is 5.82 Å².